The van der Waals surface area contributed by atoms with E-state index in [9.17, 15) is 0 Å². The van der Waals surface area contributed by atoms with E-state index in [0.717, 1.165) is 19.1 Å². The van der Waals surface area contributed by atoms with Gasteiger partial charge in [-0.15, -0.1) is 0 Å². The molecule has 0 aromatic rings. The fourth-order valence-electron chi connectivity index (χ4n) is 2.86. The number of thioether (sulfide) groups is 1. The van der Waals surface area contributed by atoms with Crippen LogP contribution in [0.3, 0.4) is 0 Å². The molecule has 2 fully saturated rings. The van der Waals surface area contributed by atoms with Gasteiger partial charge < -0.3 is 10.5 Å². The lowest BCUT2D eigenvalue weighted by Crippen LogP contribution is -2.40. The highest BCUT2D eigenvalue weighted by molar-refractivity contribution is 7.99. The Morgan fingerprint density at radius 3 is 3.13 bits per heavy atom. The van der Waals surface area contributed by atoms with Crippen LogP contribution < -0.4 is 5.73 Å². The molecule has 0 aromatic heterocycles. The van der Waals surface area contributed by atoms with E-state index in [1.807, 2.05) is 0 Å². The molecule has 3 atom stereocenters. The van der Waals surface area contributed by atoms with Gasteiger partial charge in [0.1, 0.15) is 0 Å². The fraction of sp³-hybridized carbons (Fsp3) is 1.00. The molecule has 2 aliphatic heterocycles. The van der Waals surface area contributed by atoms with Gasteiger partial charge in [0.25, 0.3) is 0 Å². The van der Waals surface area contributed by atoms with E-state index in [4.69, 9.17) is 10.5 Å². The van der Waals surface area contributed by atoms with Crippen LogP contribution >= 0.6 is 11.8 Å². The normalized spacial score (nSPS) is 38.4. The van der Waals surface area contributed by atoms with Gasteiger partial charge >= 0.3 is 0 Å². The highest BCUT2D eigenvalue weighted by atomic mass is 32.2. The van der Waals surface area contributed by atoms with Gasteiger partial charge in [-0.3, -0.25) is 0 Å². The van der Waals surface area contributed by atoms with Gasteiger partial charge in [-0.1, -0.05) is 6.92 Å². The number of hydrogen-bond acceptors (Lipinski definition) is 3. The summed E-state index contributed by atoms with van der Waals surface area (Å²) >= 11 is 2.06. The lowest BCUT2D eigenvalue weighted by Gasteiger charge is -2.38. The average Bonchev–Trinajstić information content (AvgIpc) is 2.66. The Morgan fingerprint density at radius 1 is 1.60 bits per heavy atom. The van der Waals surface area contributed by atoms with Crippen LogP contribution in [0.15, 0.2) is 0 Å². The highest BCUT2D eigenvalue weighted by Crippen LogP contribution is 2.41. The van der Waals surface area contributed by atoms with E-state index in [0.29, 0.717) is 5.92 Å². The van der Waals surface area contributed by atoms with Crippen LogP contribution in [0.4, 0.5) is 0 Å². The Morgan fingerprint density at radius 2 is 2.47 bits per heavy atom. The van der Waals surface area contributed by atoms with Crippen LogP contribution in [0.2, 0.25) is 0 Å². The van der Waals surface area contributed by atoms with Gasteiger partial charge in [0, 0.05) is 12.4 Å². The second kappa shape index (κ2) is 5.07. The maximum atomic E-state index is 6.02. The van der Waals surface area contributed by atoms with E-state index >= 15 is 0 Å². The molecule has 0 amide bonds. The zero-order chi connectivity index (χ0) is 10.7. The van der Waals surface area contributed by atoms with Crippen molar-refractivity contribution in [2.45, 2.75) is 38.2 Å². The number of nitrogens with two attached hydrogens (primary N) is 1. The minimum Gasteiger partial charge on any atom is -0.374 e. The Bertz CT molecular complexity index is 204. The van der Waals surface area contributed by atoms with Crippen LogP contribution in [0, 0.1) is 11.8 Å². The van der Waals surface area contributed by atoms with Crippen molar-refractivity contribution < 1.29 is 4.74 Å². The quantitative estimate of drug-likeness (QED) is 0.806. The van der Waals surface area contributed by atoms with Crippen molar-refractivity contribution in [3.05, 3.63) is 0 Å². The summed E-state index contributed by atoms with van der Waals surface area (Å²) in [5, 5.41) is 0. The maximum absolute atomic E-state index is 6.02. The first-order valence-electron chi connectivity index (χ1n) is 6.16. The Kier molecular flexibility index (Phi) is 3.97. The Hall–Kier alpha value is 0.270. The average molecular weight is 229 g/mol. The van der Waals surface area contributed by atoms with Gasteiger partial charge in [0.15, 0.2) is 0 Å². The molecule has 2 N–H and O–H groups in total. The molecule has 2 heterocycles. The molecule has 2 saturated heterocycles. The van der Waals surface area contributed by atoms with E-state index < -0.39 is 0 Å². The molecule has 0 radical (unpaired) electrons. The molecular formula is C12H23NOS. The topological polar surface area (TPSA) is 35.2 Å². The molecule has 15 heavy (non-hydrogen) atoms. The summed E-state index contributed by atoms with van der Waals surface area (Å²) in [6, 6.07) is 0. The van der Waals surface area contributed by atoms with E-state index in [2.05, 4.69) is 18.7 Å². The van der Waals surface area contributed by atoms with Crippen LogP contribution in [-0.2, 0) is 4.74 Å². The minimum atomic E-state index is 0.252. The predicted octanol–water partition coefficient (Wildman–Crippen LogP) is 2.27. The molecule has 2 rings (SSSR count). The van der Waals surface area contributed by atoms with Gasteiger partial charge in [-0.2, -0.15) is 11.8 Å². The molecule has 0 aromatic carbocycles. The van der Waals surface area contributed by atoms with E-state index in [-0.39, 0.29) is 5.60 Å². The number of rotatable bonds is 3. The standard InChI is InChI=1S/C12H23NOS/c1-10(8-13)6-11-2-4-14-12(7-11)3-5-15-9-12/h10-11H,2-9,13H2,1H3. The SMILES string of the molecule is CC(CN)CC1CCOC2(CCSC2)C1. The minimum absolute atomic E-state index is 0.252. The summed E-state index contributed by atoms with van der Waals surface area (Å²) in [4.78, 5) is 0. The summed E-state index contributed by atoms with van der Waals surface area (Å²) in [5.41, 5.74) is 5.95. The summed E-state index contributed by atoms with van der Waals surface area (Å²) in [6.45, 7) is 4.08. The molecule has 0 aliphatic carbocycles. The molecule has 2 nitrogen and oxygen atoms in total. The lowest BCUT2D eigenvalue weighted by molar-refractivity contribution is -0.0822. The molecular weight excluding hydrogens is 206 g/mol. The van der Waals surface area contributed by atoms with Crippen LogP contribution in [0.1, 0.15) is 32.6 Å². The molecule has 3 heteroatoms. The van der Waals surface area contributed by atoms with Gasteiger partial charge in [0.05, 0.1) is 5.60 Å². The smallest absolute Gasteiger partial charge is 0.0783 e. The van der Waals surface area contributed by atoms with E-state index in [1.165, 1.54) is 37.2 Å². The summed E-state index contributed by atoms with van der Waals surface area (Å²) < 4.78 is 6.02. The first-order chi connectivity index (χ1) is 7.24. The zero-order valence-electron chi connectivity index (χ0n) is 9.71. The monoisotopic (exact) mass is 229 g/mol. The molecule has 1 spiro atoms. The molecule has 0 saturated carbocycles. The number of ether oxygens (including phenoxy) is 1. The maximum Gasteiger partial charge on any atom is 0.0783 e. The second-order valence-corrected chi connectivity index (χ2v) is 6.37. The van der Waals surface area contributed by atoms with Crippen LogP contribution in [0.25, 0.3) is 0 Å². The van der Waals surface area contributed by atoms with Crippen molar-refractivity contribution in [2.75, 3.05) is 24.7 Å². The van der Waals surface area contributed by atoms with Crippen LogP contribution in [0.5, 0.6) is 0 Å². The summed E-state index contributed by atoms with van der Waals surface area (Å²) in [6.07, 6.45) is 5.10. The summed E-state index contributed by atoms with van der Waals surface area (Å²) in [7, 11) is 0. The Balaban J connectivity index is 1.86. The molecule has 88 valence electrons. The van der Waals surface area contributed by atoms with Gasteiger partial charge in [-0.25, -0.2) is 0 Å². The molecule has 2 aliphatic rings. The predicted molar refractivity (Wildman–Crippen MR) is 66.2 cm³/mol. The molecule has 0 bridgehead atoms. The number of hydrogen-bond donors (Lipinski definition) is 1. The molecule has 3 unspecified atom stereocenters. The lowest BCUT2D eigenvalue weighted by atomic mass is 9.81. The van der Waals surface area contributed by atoms with Gasteiger partial charge in [0.2, 0.25) is 0 Å². The highest BCUT2D eigenvalue weighted by Gasteiger charge is 2.40. The van der Waals surface area contributed by atoms with Crippen molar-refractivity contribution in [2.24, 2.45) is 17.6 Å². The van der Waals surface area contributed by atoms with Crippen LogP contribution in [-0.4, -0.2) is 30.3 Å². The van der Waals surface area contributed by atoms with Crippen molar-refractivity contribution in [3.8, 4) is 0 Å². The van der Waals surface area contributed by atoms with Crippen molar-refractivity contribution in [1.82, 2.24) is 0 Å². The van der Waals surface area contributed by atoms with Crippen molar-refractivity contribution >= 4 is 11.8 Å². The first-order valence-corrected chi connectivity index (χ1v) is 7.31. The first kappa shape index (κ1) is 11.7. The Labute approximate surface area is 97.3 Å². The third-order valence-electron chi connectivity index (χ3n) is 3.80. The van der Waals surface area contributed by atoms with Crippen molar-refractivity contribution in [3.63, 3.8) is 0 Å². The fourth-order valence-corrected chi connectivity index (χ4v) is 4.24. The largest absolute Gasteiger partial charge is 0.374 e. The third kappa shape index (κ3) is 2.89. The second-order valence-electron chi connectivity index (χ2n) is 5.27. The van der Waals surface area contributed by atoms with E-state index in [1.54, 1.807) is 0 Å². The zero-order valence-corrected chi connectivity index (χ0v) is 10.5. The third-order valence-corrected chi connectivity index (χ3v) is 5.02. The van der Waals surface area contributed by atoms with Crippen molar-refractivity contribution in [1.29, 1.82) is 0 Å². The summed E-state index contributed by atoms with van der Waals surface area (Å²) in [5.74, 6) is 4.05. The van der Waals surface area contributed by atoms with Gasteiger partial charge in [-0.05, 0) is 49.8 Å².